The topological polar surface area (TPSA) is 85.2 Å². The summed E-state index contributed by atoms with van der Waals surface area (Å²) in [6.07, 6.45) is 0. The van der Waals surface area contributed by atoms with Gasteiger partial charge < -0.3 is 15.4 Å². The molecule has 7 nitrogen and oxygen atoms in total. The number of rotatable bonds is 7. The smallest absolute Gasteiger partial charge is 0.262 e. The zero-order valence-electron chi connectivity index (χ0n) is 14.6. The van der Waals surface area contributed by atoms with Crippen molar-refractivity contribution in [2.24, 2.45) is 0 Å². The molecule has 0 spiro atoms. The van der Waals surface area contributed by atoms with E-state index in [-0.39, 0.29) is 18.3 Å². The molecule has 0 unspecified atom stereocenters. The van der Waals surface area contributed by atoms with Gasteiger partial charge in [0.1, 0.15) is 29.6 Å². The Kier molecular flexibility index (Phi) is 6.07. The van der Waals surface area contributed by atoms with E-state index in [2.05, 4.69) is 15.7 Å². The molecule has 10 heteroatoms. The number of aromatic nitrogens is 2. The molecule has 2 aromatic rings. The molecular weight excluding hydrogens is 378 g/mol. The van der Waals surface area contributed by atoms with Crippen molar-refractivity contribution in [3.8, 4) is 0 Å². The number of nitrogens with zero attached hydrogens (tertiary/aromatic N) is 2. The van der Waals surface area contributed by atoms with Gasteiger partial charge in [-0.1, -0.05) is 6.07 Å². The van der Waals surface area contributed by atoms with Crippen LogP contribution in [0, 0.1) is 11.6 Å². The molecule has 0 fully saturated rings. The van der Waals surface area contributed by atoms with E-state index >= 15 is 0 Å². The van der Waals surface area contributed by atoms with Crippen molar-refractivity contribution in [2.75, 3.05) is 25.6 Å². The number of halogens is 2. The van der Waals surface area contributed by atoms with Crippen LogP contribution >= 0.6 is 11.8 Å². The fourth-order valence-corrected chi connectivity index (χ4v) is 3.72. The largest absolute Gasteiger partial charge is 0.383 e. The third kappa shape index (κ3) is 4.28. The first kappa shape index (κ1) is 19.3. The average molecular weight is 396 g/mol. The summed E-state index contributed by atoms with van der Waals surface area (Å²) in [6, 6.07) is 3.21. The fraction of sp³-hybridized carbons (Fsp3) is 0.353. The molecule has 1 aliphatic rings. The second-order valence-corrected chi connectivity index (χ2v) is 6.80. The van der Waals surface area contributed by atoms with Gasteiger partial charge in [-0.15, -0.1) is 0 Å². The molecule has 0 atom stereocenters. The maximum absolute atomic E-state index is 13.9. The minimum Gasteiger partial charge on any atom is -0.383 e. The van der Waals surface area contributed by atoms with E-state index < -0.39 is 23.1 Å². The van der Waals surface area contributed by atoms with Crippen LogP contribution in [0.25, 0.3) is 0 Å². The van der Waals surface area contributed by atoms with Crippen molar-refractivity contribution >= 4 is 29.4 Å². The Bertz CT molecular complexity index is 852. The van der Waals surface area contributed by atoms with Gasteiger partial charge in [-0.3, -0.25) is 9.59 Å². The first-order valence-electron chi connectivity index (χ1n) is 8.18. The van der Waals surface area contributed by atoms with Crippen LogP contribution in [-0.2, 0) is 27.6 Å². The lowest BCUT2D eigenvalue weighted by molar-refractivity contribution is -0.122. The summed E-state index contributed by atoms with van der Waals surface area (Å²) < 4.78 is 34.0. The van der Waals surface area contributed by atoms with Gasteiger partial charge in [0, 0.05) is 30.7 Å². The van der Waals surface area contributed by atoms with Gasteiger partial charge in [-0.25, -0.2) is 13.5 Å². The number of carbonyl (C=O) groups is 2. The lowest BCUT2D eigenvalue weighted by Gasteiger charge is -2.12. The predicted octanol–water partition coefficient (Wildman–Crippen LogP) is 1.92. The van der Waals surface area contributed by atoms with Crippen molar-refractivity contribution in [3.63, 3.8) is 0 Å². The molecule has 0 aliphatic carbocycles. The van der Waals surface area contributed by atoms with Crippen LogP contribution in [0.3, 0.4) is 0 Å². The zero-order valence-corrected chi connectivity index (χ0v) is 15.4. The number of methoxy groups -OCH3 is 1. The number of carbonyl (C=O) groups excluding carboxylic acids is 2. The molecule has 1 aromatic carbocycles. The highest BCUT2D eigenvalue weighted by Gasteiger charge is 2.26. The second-order valence-electron chi connectivity index (χ2n) is 5.82. The number of fused-ring (bicyclic) bond motifs is 1. The number of anilines is 1. The summed E-state index contributed by atoms with van der Waals surface area (Å²) >= 11 is 1.60. The van der Waals surface area contributed by atoms with Gasteiger partial charge in [-0.05, 0) is 12.1 Å². The number of nitrogens with one attached hydrogen (secondary N) is 2. The van der Waals surface area contributed by atoms with Crippen LogP contribution in [0.5, 0.6) is 0 Å². The Morgan fingerprint density at radius 2 is 2.04 bits per heavy atom. The third-order valence-corrected chi connectivity index (χ3v) is 4.93. The summed E-state index contributed by atoms with van der Waals surface area (Å²) in [6.45, 7) is 0.583. The van der Waals surface area contributed by atoms with Crippen molar-refractivity contribution in [2.45, 2.75) is 18.1 Å². The Morgan fingerprint density at radius 3 is 2.74 bits per heavy atom. The molecule has 2 heterocycles. The van der Waals surface area contributed by atoms with Crippen LogP contribution in [-0.4, -0.2) is 41.9 Å². The van der Waals surface area contributed by atoms with Gasteiger partial charge in [0.2, 0.25) is 5.91 Å². The first-order valence-corrected chi connectivity index (χ1v) is 9.34. The molecule has 0 saturated heterocycles. The predicted molar refractivity (Wildman–Crippen MR) is 96.4 cm³/mol. The number of thioether (sulfide) groups is 1. The van der Waals surface area contributed by atoms with Gasteiger partial charge in [0.25, 0.3) is 5.91 Å². The molecule has 2 amide bonds. The highest BCUT2D eigenvalue weighted by molar-refractivity contribution is 7.98. The van der Waals surface area contributed by atoms with Crippen LogP contribution in [0.4, 0.5) is 14.6 Å². The highest BCUT2D eigenvalue weighted by Crippen LogP contribution is 2.35. The van der Waals surface area contributed by atoms with Gasteiger partial charge in [-0.2, -0.15) is 16.9 Å². The molecule has 144 valence electrons. The highest BCUT2D eigenvalue weighted by atomic mass is 32.2. The van der Waals surface area contributed by atoms with Gasteiger partial charge in [0.05, 0.1) is 12.3 Å². The average Bonchev–Trinajstić information content (AvgIpc) is 3.18. The standard InChI is InChI=1S/C17H18F2N4O3S/c1-26-6-5-20-14(24)7-23-16(10-8-27-9-13(10)22-23)21-17(25)15-11(18)3-2-4-12(15)19/h2-4H,5-9H2,1H3,(H,20,24)(H,21,25). The van der Waals surface area contributed by atoms with E-state index in [1.807, 2.05) is 0 Å². The van der Waals surface area contributed by atoms with Crippen molar-refractivity contribution in [3.05, 3.63) is 46.7 Å². The van der Waals surface area contributed by atoms with Crippen LogP contribution in [0.2, 0.25) is 0 Å². The Morgan fingerprint density at radius 1 is 1.30 bits per heavy atom. The first-order chi connectivity index (χ1) is 13.0. The molecule has 0 radical (unpaired) electrons. The van der Waals surface area contributed by atoms with Crippen molar-refractivity contribution in [1.82, 2.24) is 15.1 Å². The maximum atomic E-state index is 13.9. The summed E-state index contributed by atoms with van der Waals surface area (Å²) in [5.74, 6) is -1.63. The SMILES string of the molecule is COCCNC(=O)Cn1nc2c(c1NC(=O)c1c(F)cccc1F)CSC2. The van der Waals surface area contributed by atoms with E-state index in [4.69, 9.17) is 4.74 Å². The molecule has 0 saturated carbocycles. The summed E-state index contributed by atoms with van der Waals surface area (Å²) in [5, 5.41) is 9.54. The number of benzene rings is 1. The Labute approximate surface area is 158 Å². The van der Waals surface area contributed by atoms with Crippen LogP contribution in [0.15, 0.2) is 18.2 Å². The lowest BCUT2D eigenvalue weighted by Crippen LogP contribution is -2.31. The van der Waals surface area contributed by atoms with Crippen molar-refractivity contribution in [1.29, 1.82) is 0 Å². The molecule has 1 aromatic heterocycles. The number of hydrogen-bond acceptors (Lipinski definition) is 5. The zero-order chi connectivity index (χ0) is 19.4. The molecular formula is C17H18F2N4O3S. The van der Waals surface area contributed by atoms with Crippen molar-refractivity contribution < 1.29 is 23.1 Å². The summed E-state index contributed by atoms with van der Waals surface area (Å²) in [7, 11) is 1.53. The van der Waals surface area contributed by atoms with Crippen LogP contribution < -0.4 is 10.6 Å². The van der Waals surface area contributed by atoms with E-state index in [1.54, 1.807) is 11.8 Å². The Hall–Kier alpha value is -2.46. The van der Waals surface area contributed by atoms with E-state index in [0.717, 1.165) is 23.4 Å². The second kappa shape index (κ2) is 8.49. The molecule has 3 rings (SSSR count). The lowest BCUT2D eigenvalue weighted by atomic mass is 10.2. The number of ether oxygens (including phenoxy) is 1. The minimum absolute atomic E-state index is 0.128. The van der Waals surface area contributed by atoms with Gasteiger partial charge in [0.15, 0.2) is 0 Å². The summed E-state index contributed by atoms with van der Waals surface area (Å²) in [4.78, 5) is 24.5. The maximum Gasteiger partial charge on any atom is 0.262 e. The third-order valence-electron chi connectivity index (χ3n) is 3.96. The van der Waals surface area contributed by atoms with Crippen LogP contribution in [0.1, 0.15) is 21.6 Å². The van der Waals surface area contributed by atoms with E-state index in [0.29, 0.717) is 24.7 Å². The van der Waals surface area contributed by atoms with E-state index in [9.17, 15) is 18.4 Å². The Balaban J connectivity index is 1.82. The molecule has 1 aliphatic heterocycles. The molecule has 0 bridgehead atoms. The summed E-state index contributed by atoms with van der Waals surface area (Å²) in [5.41, 5.74) is 0.831. The van der Waals surface area contributed by atoms with Gasteiger partial charge >= 0.3 is 0 Å². The fourth-order valence-electron chi connectivity index (χ4n) is 2.69. The number of hydrogen-bond donors (Lipinski definition) is 2. The molecule has 27 heavy (non-hydrogen) atoms. The monoisotopic (exact) mass is 396 g/mol. The quantitative estimate of drug-likeness (QED) is 0.699. The number of amides is 2. The molecule has 2 N–H and O–H groups in total. The minimum atomic E-state index is -0.957. The van der Waals surface area contributed by atoms with E-state index in [1.165, 1.54) is 17.9 Å². The normalized spacial score (nSPS) is 12.7.